The predicted molar refractivity (Wildman–Crippen MR) is 87.9 cm³/mol. The van der Waals surface area contributed by atoms with Crippen molar-refractivity contribution in [3.8, 4) is 0 Å². The van der Waals surface area contributed by atoms with Crippen LogP contribution >= 0.6 is 0 Å². The Bertz CT molecular complexity index is 515. The summed E-state index contributed by atoms with van der Waals surface area (Å²) < 4.78 is 5.23. The maximum Gasteiger partial charge on any atom is 0.236 e. The first-order chi connectivity index (χ1) is 11.1. The molecule has 1 N–H and O–H groups in total. The first kappa shape index (κ1) is 17.4. The van der Waals surface area contributed by atoms with Crippen LogP contribution in [0.3, 0.4) is 0 Å². The fraction of sp³-hybridized carbons (Fsp3) is 0.529. The molecule has 0 radical (unpaired) electrons. The minimum absolute atomic E-state index is 0.0414. The molecule has 1 saturated heterocycles. The SMILES string of the molecule is CC(NC(=O)CN(C)CC(=O)N1CCOCC1)c1ccccc1. The molecular formula is C17H25N3O3. The van der Waals surface area contributed by atoms with Gasteiger partial charge in [0.25, 0.3) is 0 Å². The molecule has 1 aliphatic rings. The fourth-order valence-corrected chi connectivity index (χ4v) is 2.56. The molecule has 1 unspecified atom stereocenters. The Balaban J connectivity index is 1.74. The number of carbonyl (C=O) groups excluding carboxylic acids is 2. The summed E-state index contributed by atoms with van der Waals surface area (Å²) in [6.07, 6.45) is 0. The van der Waals surface area contributed by atoms with Gasteiger partial charge in [0.1, 0.15) is 0 Å². The van der Waals surface area contributed by atoms with E-state index in [9.17, 15) is 9.59 Å². The lowest BCUT2D eigenvalue weighted by Gasteiger charge is -2.28. The Morgan fingerprint density at radius 1 is 1.22 bits per heavy atom. The summed E-state index contributed by atoms with van der Waals surface area (Å²) in [4.78, 5) is 27.8. The van der Waals surface area contributed by atoms with Crippen molar-refractivity contribution >= 4 is 11.8 Å². The van der Waals surface area contributed by atoms with Gasteiger partial charge in [0.15, 0.2) is 0 Å². The summed E-state index contributed by atoms with van der Waals surface area (Å²) in [5.41, 5.74) is 1.06. The molecule has 1 atom stereocenters. The Kier molecular flexibility index (Phi) is 6.55. The molecule has 0 spiro atoms. The van der Waals surface area contributed by atoms with E-state index in [1.165, 1.54) is 0 Å². The molecule has 1 heterocycles. The highest BCUT2D eigenvalue weighted by molar-refractivity contribution is 5.81. The lowest BCUT2D eigenvalue weighted by atomic mass is 10.1. The topological polar surface area (TPSA) is 61.9 Å². The van der Waals surface area contributed by atoms with Gasteiger partial charge in [0.05, 0.1) is 32.3 Å². The summed E-state index contributed by atoms with van der Waals surface area (Å²) >= 11 is 0. The third-order valence-corrected chi connectivity index (χ3v) is 3.86. The average molecular weight is 319 g/mol. The molecule has 23 heavy (non-hydrogen) atoms. The van der Waals surface area contributed by atoms with E-state index in [1.807, 2.05) is 37.3 Å². The van der Waals surface area contributed by atoms with Gasteiger partial charge in [-0.25, -0.2) is 0 Å². The molecule has 2 rings (SSSR count). The van der Waals surface area contributed by atoms with Crippen LogP contribution in [0.4, 0.5) is 0 Å². The van der Waals surface area contributed by atoms with Crippen LogP contribution in [0.15, 0.2) is 30.3 Å². The molecular weight excluding hydrogens is 294 g/mol. The Morgan fingerprint density at radius 2 is 1.87 bits per heavy atom. The maximum atomic E-state index is 12.1. The molecule has 0 saturated carbocycles. The molecule has 1 fully saturated rings. The lowest BCUT2D eigenvalue weighted by molar-refractivity contribution is -0.136. The van der Waals surface area contributed by atoms with E-state index in [1.54, 1.807) is 16.8 Å². The van der Waals surface area contributed by atoms with Crippen molar-refractivity contribution in [3.63, 3.8) is 0 Å². The highest BCUT2D eigenvalue weighted by atomic mass is 16.5. The second-order valence-electron chi connectivity index (χ2n) is 5.87. The normalized spacial score (nSPS) is 16.2. The van der Waals surface area contributed by atoms with Gasteiger partial charge < -0.3 is 15.0 Å². The van der Waals surface area contributed by atoms with Crippen LogP contribution in [0.25, 0.3) is 0 Å². The monoisotopic (exact) mass is 319 g/mol. The first-order valence-electron chi connectivity index (χ1n) is 7.94. The van der Waals surface area contributed by atoms with Crippen LogP contribution < -0.4 is 5.32 Å². The zero-order valence-corrected chi connectivity index (χ0v) is 13.8. The van der Waals surface area contributed by atoms with Crippen molar-refractivity contribution in [1.82, 2.24) is 15.1 Å². The van der Waals surface area contributed by atoms with Gasteiger partial charge in [-0.15, -0.1) is 0 Å². The van der Waals surface area contributed by atoms with Crippen LogP contribution in [-0.2, 0) is 14.3 Å². The molecule has 1 aliphatic heterocycles. The number of ether oxygens (including phenoxy) is 1. The van der Waals surface area contributed by atoms with Crippen LogP contribution in [0.1, 0.15) is 18.5 Å². The number of rotatable bonds is 6. The number of hydrogen-bond acceptors (Lipinski definition) is 4. The van der Waals surface area contributed by atoms with E-state index in [0.29, 0.717) is 26.3 Å². The van der Waals surface area contributed by atoms with E-state index >= 15 is 0 Å². The number of nitrogens with one attached hydrogen (secondary N) is 1. The molecule has 0 aliphatic carbocycles. The quantitative estimate of drug-likeness (QED) is 0.836. The number of likely N-dealkylation sites (N-methyl/N-ethyl adjacent to an activating group) is 1. The molecule has 0 aromatic heterocycles. The second-order valence-corrected chi connectivity index (χ2v) is 5.87. The van der Waals surface area contributed by atoms with Crippen molar-refractivity contribution < 1.29 is 14.3 Å². The van der Waals surface area contributed by atoms with Crippen LogP contribution in [0, 0.1) is 0 Å². The summed E-state index contributed by atoms with van der Waals surface area (Å²) in [5.74, 6) is -0.0432. The van der Waals surface area contributed by atoms with Crippen molar-refractivity contribution in [2.45, 2.75) is 13.0 Å². The zero-order chi connectivity index (χ0) is 16.7. The third kappa shape index (κ3) is 5.65. The van der Waals surface area contributed by atoms with Gasteiger partial charge in [-0.05, 0) is 19.5 Å². The van der Waals surface area contributed by atoms with Gasteiger partial charge in [-0.1, -0.05) is 30.3 Å². The summed E-state index contributed by atoms with van der Waals surface area (Å²) in [6.45, 7) is 4.83. The van der Waals surface area contributed by atoms with E-state index in [-0.39, 0.29) is 30.9 Å². The molecule has 1 aromatic carbocycles. The largest absolute Gasteiger partial charge is 0.378 e. The molecule has 6 nitrogen and oxygen atoms in total. The van der Waals surface area contributed by atoms with Crippen molar-refractivity contribution in [2.75, 3.05) is 46.4 Å². The number of amides is 2. The smallest absolute Gasteiger partial charge is 0.236 e. The zero-order valence-electron chi connectivity index (χ0n) is 13.8. The number of morpholine rings is 1. The Morgan fingerprint density at radius 3 is 2.52 bits per heavy atom. The molecule has 6 heteroatoms. The highest BCUT2D eigenvalue weighted by Gasteiger charge is 2.19. The van der Waals surface area contributed by atoms with E-state index in [2.05, 4.69) is 5.32 Å². The maximum absolute atomic E-state index is 12.1. The van der Waals surface area contributed by atoms with Gasteiger partial charge in [0, 0.05) is 13.1 Å². The number of nitrogens with zero attached hydrogens (tertiary/aromatic N) is 2. The lowest BCUT2D eigenvalue weighted by Crippen LogP contribution is -2.46. The summed E-state index contributed by atoms with van der Waals surface area (Å²) in [5, 5.41) is 2.95. The third-order valence-electron chi connectivity index (χ3n) is 3.86. The number of benzene rings is 1. The van der Waals surface area contributed by atoms with E-state index in [0.717, 1.165) is 5.56 Å². The Hall–Kier alpha value is -1.92. The summed E-state index contributed by atoms with van der Waals surface area (Å²) in [7, 11) is 1.78. The van der Waals surface area contributed by atoms with Crippen molar-refractivity contribution in [3.05, 3.63) is 35.9 Å². The van der Waals surface area contributed by atoms with Crippen LogP contribution in [-0.4, -0.2) is 68.1 Å². The predicted octanol–water partition coefficient (Wildman–Crippen LogP) is 0.654. The molecule has 126 valence electrons. The first-order valence-corrected chi connectivity index (χ1v) is 7.94. The van der Waals surface area contributed by atoms with E-state index < -0.39 is 0 Å². The minimum Gasteiger partial charge on any atom is -0.378 e. The van der Waals surface area contributed by atoms with Crippen molar-refractivity contribution in [1.29, 1.82) is 0 Å². The van der Waals surface area contributed by atoms with Gasteiger partial charge in [-0.2, -0.15) is 0 Å². The van der Waals surface area contributed by atoms with Crippen LogP contribution in [0.5, 0.6) is 0 Å². The molecule has 0 bridgehead atoms. The summed E-state index contributed by atoms with van der Waals surface area (Å²) in [6, 6.07) is 9.76. The number of carbonyl (C=O) groups is 2. The fourth-order valence-electron chi connectivity index (χ4n) is 2.56. The average Bonchev–Trinajstić information content (AvgIpc) is 2.56. The van der Waals surface area contributed by atoms with E-state index in [4.69, 9.17) is 4.74 Å². The van der Waals surface area contributed by atoms with Gasteiger partial charge >= 0.3 is 0 Å². The Labute approximate surface area is 137 Å². The number of hydrogen-bond donors (Lipinski definition) is 1. The second kappa shape index (κ2) is 8.64. The minimum atomic E-state index is -0.0846. The van der Waals surface area contributed by atoms with Gasteiger partial charge in [0.2, 0.25) is 11.8 Å². The molecule has 2 amide bonds. The standard InChI is InChI=1S/C17H25N3O3/c1-14(15-6-4-3-5-7-15)18-16(21)12-19(2)13-17(22)20-8-10-23-11-9-20/h3-7,14H,8-13H2,1-2H3,(H,18,21). The molecule has 1 aromatic rings. The van der Waals surface area contributed by atoms with Gasteiger partial charge in [-0.3, -0.25) is 14.5 Å². The van der Waals surface area contributed by atoms with Crippen LogP contribution in [0.2, 0.25) is 0 Å². The van der Waals surface area contributed by atoms with Crippen molar-refractivity contribution in [2.24, 2.45) is 0 Å². The highest BCUT2D eigenvalue weighted by Crippen LogP contribution is 2.10.